The summed E-state index contributed by atoms with van der Waals surface area (Å²) in [5, 5.41) is 8.48. The number of aryl methyl sites for hydroxylation is 2. The van der Waals surface area contributed by atoms with Crippen molar-refractivity contribution in [3.05, 3.63) is 57.3 Å². The van der Waals surface area contributed by atoms with Gasteiger partial charge in [0, 0.05) is 31.8 Å². The first-order chi connectivity index (χ1) is 18.5. The van der Waals surface area contributed by atoms with E-state index in [-0.39, 0.29) is 24.9 Å². The smallest absolute Gasteiger partial charge is 0.305 e. The molecule has 1 aliphatic heterocycles. The lowest BCUT2D eigenvalue weighted by atomic mass is 9.91. The molecule has 3 aromatic heterocycles. The third-order valence-electron chi connectivity index (χ3n) is 7.80. The van der Waals surface area contributed by atoms with Crippen LogP contribution in [0.25, 0.3) is 11.4 Å². The zero-order valence-electron chi connectivity index (χ0n) is 22.8. The molecular formula is C28H34F2N6O3. The van der Waals surface area contributed by atoms with Gasteiger partial charge < -0.3 is 14.2 Å². The van der Waals surface area contributed by atoms with Crippen LogP contribution in [0, 0.1) is 25.7 Å². The van der Waals surface area contributed by atoms with Crippen LogP contribution < -0.4 is 10.5 Å². The van der Waals surface area contributed by atoms with Gasteiger partial charge in [0.05, 0.1) is 49.4 Å². The molecule has 1 atom stereocenters. The molecule has 0 spiro atoms. The van der Waals surface area contributed by atoms with Crippen molar-refractivity contribution in [1.82, 2.24) is 24.5 Å². The Labute approximate surface area is 225 Å². The van der Waals surface area contributed by atoms with Gasteiger partial charge in [-0.2, -0.15) is 0 Å². The van der Waals surface area contributed by atoms with Crippen molar-refractivity contribution in [2.24, 2.45) is 18.9 Å². The summed E-state index contributed by atoms with van der Waals surface area (Å²) in [6.07, 6.45) is 4.82. The number of carbonyl (C=O) groups is 1. The second kappa shape index (κ2) is 10.5. The molecule has 9 nitrogen and oxygen atoms in total. The normalized spacial score (nSPS) is 18.8. The fraction of sp³-hybridized carbons (Fsp3) is 0.536. The molecule has 1 saturated heterocycles. The van der Waals surface area contributed by atoms with E-state index in [1.54, 1.807) is 40.3 Å². The van der Waals surface area contributed by atoms with Gasteiger partial charge in [-0.05, 0) is 68.7 Å². The monoisotopic (exact) mass is 540 g/mol. The number of piperidine rings is 1. The standard InChI is InChI=1S/C28H34F2N6O3/c1-17-21(11-19-5-6-19)9-10-35(27(17)38)15-24-26(32-33-34(24)3)22-7-8-23(18(2)31-22)36-14-20(12-25(37)39-4)13-28(29,30)16-36/h7-10,19-20H,5-6,11-16H2,1-4H3/t20-/m0/s1. The number of hydrogen-bond acceptors (Lipinski definition) is 7. The van der Waals surface area contributed by atoms with Crippen LogP contribution in [0.5, 0.6) is 0 Å². The number of pyridine rings is 2. The van der Waals surface area contributed by atoms with E-state index in [1.807, 2.05) is 19.2 Å². The van der Waals surface area contributed by atoms with Gasteiger partial charge in [-0.3, -0.25) is 9.59 Å². The molecule has 5 rings (SSSR count). The largest absolute Gasteiger partial charge is 0.469 e. The fourth-order valence-electron chi connectivity index (χ4n) is 5.48. The van der Waals surface area contributed by atoms with Gasteiger partial charge in [-0.25, -0.2) is 18.4 Å². The zero-order valence-corrected chi connectivity index (χ0v) is 22.8. The second-order valence-corrected chi connectivity index (χ2v) is 10.9. The number of methoxy groups -OCH3 is 1. The lowest BCUT2D eigenvalue weighted by Crippen LogP contribution is -2.48. The number of anilines is 1. The predicted octanol–water partition coefficient (Wildman–Crippen LogP) is 3.68. The second-order valence-electron chi connectivity index (χ2n) is 10.9. The topological polar surface area (TPSA) is 95.1 Å². The number of aromatic nitrogens is 5. The van der Waals surface area contributed by atoms with Crippen molar-refractivity contribution >= 4 is 11.7 Å². The Morgan fingerprint density at radius 2 is 1.95 bits per heavy atom. The molecule has 0 bridgehead atoms. The molecule has 4 heterocycles. The van der Waals surface area contributed by atoms with E-state index in [9.17, 15) is 18.4 Å². The molecule has 0 radical (unpaired) electrons. The summed E-state index contributed by atoms with van der Waals surface area (Å²) in [5.74, 6) is -3.26. The van der Waals surface area contributed by atoms with Crippen molar-refractivity contribution < 1.29 is 18.3 Å². The number of alkyl halides is 2. The van der Waals surface area contributed by atoms with Crippen molar-refractivity contribution in [3.63, 3.8) is 0 Å². The first-order valence-electron chi connectivity index (χ1n) is 13.3. The average Bonchev–Trinajstić information content (AvgIpc) is 3.63. The SMILES string of the molecule is COC(=O)C[C@@H]1CN(c2ccc(-c3nnn(C)c3Cn3ccc(CC4CC4)c(C)c3=O)nc2C)CC(F)(F)C1. The van der Waals surface area contributed by atoms with Gasteiger partial charge in [-0.15, -0.1) is 5.10 Å². The van der Waals surface area contributed by atoms with Crippen LogP contribution >= 0.6 is 0 Å². The summed E-state index contributed by atoms with van der Waals surface area (Å²) < 4.78 is 37.1. The van der Waals surface area contributed by atoms with Crippen molar-refractivity contribution in [1.29, 1.82) is 0 Å². The summed E-state index contributed by atoms with van der Waals surface area (Å²) in [4.78, 5) is 31.1. The molecule has 3 aromatic rings. The summed E-state index contributed by atoms with van der Waals surface area (Å²) in [5.41, 5.74) is 4.78. The third kappa shape index (κ3) is 5.86. The Bertz CT molecular complexity index is 1450. The van der Waals surface area contributed by atoms with E-state index < -0.39 is 24.4 Å². The first kappa shape index (κ1) is 27.0. The van der Waals surface area contributed by atoms with E-state index in [4.69, 9.17) is 9.72 Å². The summed E-state index contributed by atoms with van der Waals surface area (Å²) >= 11 is 0. The van der Waals surface area contributed by atoms with Gasteiger partial charge in [0.15, 0.2) is 0 Å². The molecule has 11 heteroatoms. The average molecular weight is 541 g/mol. The Morgan fingerprint density at radius 3 is 2.64 bits per heavy atom. The number of halogens is 2. The summed E-state index contributed by atoms with van der Waals surface area (Å²) in [7, 11) is 3.03. The number of carbonyl (C=O) groups excluding carboxylic acids is 1. The van der Waals surface area contributed by atoms with Crippen molar-refractivity contribution in [2.75, 3.05) is 25.1 Å². The maximum absolute atomic E-state index is 14.6. The maximum Gasteiger partial charge on any atom is 0.305 e. The Morgan fingerprint density at radius 1 is 1.18 bits per heavy atom. The number of rotatable bonds is 8. The minimum absolute atomic E-state index is 0.0349. The molecule has 2 fully saturated rings. The molecule has 0 amide bonds. The van der Waals surface area contributed by atoms with Gasteiger partial charge in [0.2, 0.25) is 0 Å². The molecule has 208 valence electrons. The van der Waals surface area contributed by atoms with E-state index in [2.05, 4.69) is 10.3 Å². The third-order valence-corrected chi connectivity index (χ3v) is 7.80. The van der Waals surface area contributed by atoms with Crippen LogP contribution in [0.2, 0.25) is 0 Å². The van der Waals surface area contributed by atoms with Crippen LogP contribution in [0.15, 0.2) is 29.2 Å². The van der Waals surface area contributed by atoms with Crippen molar-refractivity contribution in [2.45, 2.75) is 58.4 Å². The molecule has 0 unspecified atom stereocenters. The fourth-order valence-corrected chi connectivity index (χ4v) is 5.48. The Kier molecular flexibility index (Phi) is 7.26. The molecular weight excluding hydrogens is 506 g/mol. The highest BCUT2D eigenvalue weighted by Crippen LogP contribution is 2.36. The summed E-state index contributed by atoms with van der Waals surface area (Å²) in [6, 6.07) is 5.53. The van der Waals surface area contributed by atoms with Crippen LogP contribution in [-0.2, 0) is 29.5 Å². The van der Waals surface area contributed by atoms with E-state index in [0.717, 1.165) is 17.5 Å². The van der Waals surface area contributed by atoms with Gasteiger partial charge >= 0.3 is 5.97 Å². The van der Waals surface area contributed by atoms with Gasteiger partial charge in [0.25, 0.3) is 11.5 Å². The molecule has 2 aliphatic rings. The van der Waals surface area contributed by atoms with Crippen LogP contribution in [-0.4, -0.2) is 56.6 Å². The minimum Gasteiger partial charge on any atom is -0.469 e. The number of nitrogens with zero attached hydrogens (tertiary/aromatic N) is 6. The Balaban J connectivity index is 1.39. The molecule has 1 aliphatic carbocycles. The van der Waals surface area contributed by atoms with Crippen molar-refractivity contribution in [3.8, 4) is 11.4 Å². The molecule has 0 N–H and O–H groups in total. The Hall–Kier alpha value is -3.63. The number of ether oxygens (including phenoxy) is 1. The lowest BCUT2D eigenvalue weighted by Gasteiger charge is -2.39. The molecule has 39 heavy (non-hydrogen) atoms. The van der Waals surface area contributed by atoms with E-state index in [1.165, 1.54) is 20.0 Å². The predicted molar refractivity (Wildman–Crippen MR) is 142 cm³/mol. The summed E-state index contributed by atoms with van der Waals surface area (Å²) in [6.45, 7) is 3.79. The van der Waals surface area contributed by atoms with Crippen LogP contribution in [0.3, 0.4) is 0 Å². The van der Waals surface area contributed by atoms with E-state index >= 15 is 0 Å². The van der Waals surface area contributed by atoms with Crippen LogP contribution in [0.4, 0.5) is 14.5 Å². The van der Waals surface area contributed by atoms with Gasteiger partial charge in [0.1, 0.15) is 5.69 Å². The molecule has 1 saturated carbocycles. The van der Waals surface area contributed by atoms with Crippen LogP contribution in [0.1, 0.15) is 48.2 Å². The minimum atomic E-state index is -2.93. The van der Waals surface area contributed by atoms with Gasteiger partial charge in [-0.1, -0.05) is 5.21 Å². The van der Waals surface area contributed by atoms with E-state index in [0.29, 0.717) is 40.9 Å². The first-order valence-corrected chi connectivity index (χ1v) is 13.3. The number of hydrogen-bond donors (Lipinski definition) is 0. The maximum atomic E-state index is 14.6. The highest BCUT2D eigenvalue weighted by molar-refractivity contribution is 5.69. The molecule has 0 aromatic carbocycles. The highest BCUT2D eigenvalue weighted by Gasteiger charge is 2.41. The quantitative estimate of drug-likeness (QED) is 0.402. The zero-order chi connectivity index (χ0) is 27.9. The lowest BCUT2D eigenvalue weighted by molar-refractivity contribution is -0.142. The highest BCUT2D eigenvalue weighted by atomic mass is 19.3. The number of esters is 1.